The molecule has 0 atom stereocenters. The smallest absolute Gasteiger partial charge is 0.208 e. The zero-order valence-electron chi connectivity index (χ0n) is 18.8. The number of aromatic nitrogens is 3. The third kappa shape index (κ3) is 4.30. The van der Waals surface area contributed by atoms with Crippen LogP contribution in [0.5, 0.6) is 0 Å². The van der Waals surface area contributed by atoms with E-state index in [1.54, 1.807) is 0 Å². The molecule has 0 radical (unpaired) electrons. The predicted molar refractivity (Wildman–Crippen MR) is 144 cm³/mol. The number of hydrogen-bond acceptors (Lipinski definition) is 3. The van der Waals surface area contributed by atoms with Crippen molar-refractivity contribution >= 4 is 22.4 Å². The average Bonchev–Trinajstić information content (AvgIpc) is 2.93. The van der Waals surface area contributed by atoms with Crippen molar-refractivity contribution in [2.45, 2.75) is 0 Å². The Labute approximate surface area is 208 Å². The molecular weight excluding hydrogens is 450 g/mol. The van der Waals surface area contributed by atoms with Gasteiger partial charge in [-0.1, -0.05) is 109 Å². The number of fused-ring (bicyclic) bond motifs is 1. The molecule has 0 saturated heterocycles. The van der Waals surface area contributed by atoms with Gasteiger partial charge in [0.1, 0.15) is 0 Å². The van der Waals surface area contributed by atoms with Crippen molar-refractivity contribution in [2.24, 2.45) is 0 Å². The molecule has 0 aliphatic rings. The normalized spacial score (nSPS) is 11.0. The van der Waals surface area contributed by atoms with Crippen LogP contribution in [0, 0.1) is 0 Å². The van der Waals surface area contributed by atoms with Crippen molar-refractivity contribution < 1.29 is 0 Å². The van der Waals surface area contributed by atoms with Crippen LogP contribution in [0.2, 0.25) is 5.28 Å². The number of rotatable bonds is 4. The molecule has 6 rings (SSSR count). The molecule has 0 unspecified atom stereocenters. The van der Waals surface area contributed by atoms with Crippen LogP contribution in [0.3, 0.4) is 0 Å². The third-order valence-electron chi connectivity index (χ3n) is 6.06. The Balaban J connectivity index is 1.46. The zero-order valence-corrected chi connectivity index (χ0v) is 19.5. The first-order chi connectivity index (χ1) is 17.2. The quantitative estimate of drug-likeness (QED) is 0.260. The van der Waals surface area contributed by atoms with Crippen LogP contribution in [0.4, 0.5) is 0 Å². The van der Waals surface area contributed by atoms with Gasteiger partial charge in [0.15, 0.2) is 11.6 Å². The summed E-state index contributed by atoms with van der Waals surface area (Å²) in [5.74, 6) is 1.10. The van der Waals surface area contributed by atoms with Crippen molar-refractivity contribution in [3.8, 4) is 45.0 Å². The summed E-state index contributed by atoms with van der Waals surface area (Å²) in [4.78, 5) is 13.8. The van der Waals surface area contributed by atoms with Crippen molar-refractivity contribution in [3.05, 3.63) is 127 Å². The molecule has 3 nitrogen and oxygen atoms in total. The molecule has 0 N–H and O–H groups in total. The van der Waals surface area contributed by atoms with E-state index in [1.807, 2.05) is 48.5 Å². The lowest BCUT2D eigenvalue weighted by molar-refractivity contribution is 1.07. The molecule has 1 aromatic heterocycles. The van der Waals surface area contributed by atoms with E-state index in [-0.39, 0.29) is 5.28 Å². The standard InChI is InChI=1S/C31H20ClN3/c32-31-34-29(26-14-8-13-24(20-26)21-9-2-1-3-10-21)33-30(35-31)28-16-7-6-15-27(28)25-18-17-22-11-4-5-12-23(22)19-25/h1-20H. The second-order valence-corrected chi connectivity index (χ2v) is 8.64. The van der Waals surface area contributed by atoms with Gasteiger partial charge in [0.2, 0.25) is 5.28 Å². The highest BCUT2D eigenvalue weighted by atomic mass is 35.5. The lowest BCUT2D eigenvalue weighted by Gasteiger charge is -2.11. The molecule has 1 heterocycles. The third-order valence-corrected chi connectivity index (χ3v) is 6.23. The Kier molecular flexibility index (Phi) is 5.53. The zero-order chi connectivity index (χ0) is 23.6. The Hall–Kier alpha value is -4.34. The summed E-state index contributed by atoms with van der Waals surface area (Å²) in [6.07, 6.45) is 0. The van der Waals surface area contributed by atoms with Gasteiger partial charge in [0.05, 0.1) is 0 Å². The van der Waals surface area contributed by atoms with Crippen LogP contribution in [0.15, 0.2) is 121 Å². The highest BCUT2D eigenvalue weighted by molar-refractivity contribution is 6.28. The van der Waals surface area contributed by atoms with Crippen molar-refractivity contribution in [1.29, 1.82) is 0 Å². The van der Waals surface area contributed by atoms with Gasteiger partial charge in [0.25, 0.3) is 0 Å². The maximum absolute atomic E-state index is 6.42. The van der Waals surface area contributed by atoms with Gasteiger partial charge in [-0.25, -0.2) is 4.98 Å². The molecule has 0 aliphatic heterocycles. The van der Waals surface area contributed by atoms with E-state index in [1.165, 1.54) is 10.8 Å². The minimum atomic E-state index is 0.170. The van der Waals surface area contributed by atoms with E-state index >= 15 is 0 Å². The molecule has 6 aromatic rings. The average molecular weight is 470 g/mol. The van der Waals surface area contributed by atoms with Gasteiger partial charge in [0, 0.05) is 11.1 Å². The van der Waals surface area contributed by atoms with Crippen LogP contribution in [-0.4, -0.2) is 15.0 Å². The molecule has 0 aliphatic carbocycles. The fourth-order valence-electron chi connectivity index (χ4n) is 4.35. The SMILES string of the molecule is Clc1nc(-c2cccc(-c3ccccc3)c2)nc(-c2ccccc2-c2ccc3ccccc3c2)n1. The van der Waals surface area contributed by atoms with Gasteiger partial charge in [-0.05, 0) is 56.8 Å². The predicted octanol–water partition coefficient (Wildman–Crippen LogP) is 8.35. The first kappa shape index (κ1) is 21.2. The highest BCUT2D eigenvalue weighted by Gasteiger charge is 2.14. The fourth-order valence-corrected chi connectivity index (χ4v) is 4.51. The second kappa shape index (κ2) is 9.13. The van der Waals surface area contributed by atoms with E-state index in [2.05, 4.69) is 82.8 Å². The minimum absolute atomic E-state index is 0.170. The summed E-state index contributed by atoms with van der Waals surface area (Å²) in [6, 6.07) is 41.4. The summed E-state index contributed by atoms with van der Waals surface area (Å²) in [5, 5.41) is 2.56. The molecule has 0 amide bonds. The largest absolute Gasteiger partial charge is 0.226 e. The van der Waals surface area contributed by atoms with Crippen molar-refractivity contribution in [1.82, 2.24) is 15.0 Å². The lowest BCUT2D eigenvalue weighted by atomic mass is 9.96. The van der Waals surface area contributed by atoms with Gasteiger partial charge >= 0.3 is 0 Å². The van der Waals surface area contributed by atoms with E-state index in [4.69, 9.17) is 16.6 Å². The van der Waals surface area contributed by atoms with E-state index < -0.39 is 0 Å². The Bertz CT molecular complexity index is 1660. The highest BCUT2D eigenvalue weighted by Crippen LogP contribution is 2.33. The Morgan fingerprint density at radius 3 is 1.91 bits per heavy atom. The van der Waals surface area contributed by atoms with Crippen LogP contribution in [0.25, 0.3) is 55.8 Å². The van der Waals surface area contributed by atoms with Crippen LogP contribution < -0.4 is 0 Å². The lowest BCUT2D eigenvalue weighted by Crippen LogP contribution is -1.98. The monoisotopic (exact) mass is 469 g/mol. The molecular formula is C31H20ClN3. The second-order valence-electron chi connectivity index (χ2n) is 8.31. The number of benzene rings is 5. The fraction of sp³-hybridized carbons (Fsp3) is 0. The van der Waals surface area contributed by atoms with Gasteiger partial charge in [-0.15, -0.1) is 0 Å². The maximum atomic E-state index is 6.42. The molecule has 0 fully saturated rings. The molecule has 35 heavy (non-hydrogen) atoms. The molecule has 0 bridgehead atoms. The van der Waals surface area contributed by atoms with Gasteiger partial charge in [-0.3, -0.25) is 0 Å². The summed E-state index contributed by atoms with van der Waals surface area (Å²) in [6.45, 7) is 0. The summed E-state index contributed by atoms with van der Waals surface area (Å²) in [7, 11) is 0. The molecule has 166 valence electrons. The summed E-state index contributed by atoms with van der Waals surface area (Å²) < 4.78 is 0. The Morgan fingerprint density at radius 1 is 0.400 bits per heavy atom. The van der Waals surface area contributed by atoms with Crippen LogP contribution in [-0.2, 0) is 0 Å². The molecule has 4 heteroatoms. The number of nitrogens with zero attached hydrogens (tertiary/aromatic N) is 3. The van der Waals surface area contributed by atoms with Crippen LogP contribution in [0.1, 0.15) is 0 Å². The van der Waals surface area contributed by atoms with E-state index in [0.29, 0.717) is 11.6 Å². The van der Waals surface area contributed by atoms with Crippen molar-refractivity contribution in [2.75, 3.05) is 0 Å². The first-order valence-corrected chi connectivity index (χ1v) is 11.8. The van der Waals surface area contributed by atoms with Crippen molar-refractivity contribution in [3.63, 3.8) is 0 Å². The first-order valence-electron chi connectivity index (χ1n) is 11.4. The Morgan fingerprint density at radius 2 is 1.06 bits per heavy atom. The maximum Gasteiger partial charge on any atom is 0.226 e. The topological polar surface area (TPSA) is 38.7 Å². The van der Waals surface area contributed by atoms with Crippen LogP contribution >= 0.6 is 11.6 Å². The molecule has 5 aromatic carbocycles. The van der Waals surface area contributed by atoms with Gasteiger partial charge in [-0.2, -0.15) is 9.97 Å². The number of halogens is 1. The summed E-state index contributed by atoms with van der Waals surface area (Å²) in [5.41, 5.74) is 6.18. The molecule has 0 spiro atoms. The van der Waals surface area contributed by atoms with E-state index in [0.717, 1.165) is 33.4 Å². The summed E-state index contributed by atoms with van der Waals surface area (Å²) >= 11 is 6.42. The van der Waals surface area contributed by atoms with E-state index in [9.17, 15) is 0 Å². The number of hydrogen-bond donors (Lipinski definition) is 0. The van der Waals surface area contributed by atoms with Gasteiger partial charge < -0.3 is 0 Å². The minimum Gasteiger partial charge on any atom is -0.208 e. The molecule has 0 saturated carbocycles.